The Bertz CT molecular complexity index is 988. The number of anilines is 1. The van der Waals surface area contributed by atoms with Crippen molar-refractivity contribution in [2.75, 3.05) is 31.1 Å². The number of aryl methyl sites for hydroxylation is 2. The summed E-state index contributed by atoms with van der Waals surface area (Å²) in [6.07, 6.45) is 0. The monoisotopic (exact) mass is 378 g/mol. The van der Waals surface area contributed by atoms with Gasteiger partial charge >= 0.3 is 0 Å². The smallest absolute Gasteiger partial charge is 0.274 e. The van der Waals surface area contributed by atoms with Gasteiger partial charge in [0.15, 0.2) is 5.69 Å². The van der Waals surface area contributed by atoms with E-state index in [4.69, 9.17) is 0 Å². The van der Waals surface area contributed by atoms with Crippen molar-refractivity contribution in [2.45, 2.75) is 6.92 Å². The lowest BCUT2D eigenvalue weighted by Crippen LogP contribution is -2.49. The van der Waals surface area contributed by atoms with E-state index in [0.29, 0.717) is 37.6 Å². The number of hydrogen-bond donors (Lipinski definition) is 0. The number of carbonyl (C=O) groups is 1. The second-order valence-corrected chi connectivity index (χ2v) is 7.14. The zero-order chi connectivity index (χ0) is 19.7. The molecule has 1 amide bonds. The van der Waals surface area contributed by atoms with Crippen LogP contribution in [0.4, 0.5) is 10.1 Å². The summed E-state index contributed by atoms with van der Waals surface area (Å²) in [5.74, 6) is -0.308. The van der Waals surface area contributed by atoms with Gasteiger partial charge in [0.1, 0.15) is 5.82 Å². The summed E-state index contributed by atoms with van der Waals surface area (Å²) in [6, 6.07) is 16.8. The predicted molar refractivity (Wildman–Crippen MR) is 108 cm³/mol. The average molecular weight is 378 g/mol. The zero-order valence-corrected chi connectivity index (χ0v) is 16.1. The quantitative estimate of drug-likeness (QED) is 0.701. The largest absolute Gasteiger partial charge is 0.366 e. The van der Waals surface area contributed by atoms with Crippen molar-refractivity contribution < 1.29 is 9.18 Å². The third kappa shape index (κ3) is 3.50. The predicted octanol–water partition coefficient (Wildman–Crippen LogP) is 3.50. The highest BCUT2D eigenvalue weighted by atomic mass is 19.1. The third-order valence-corrected chi connectivity index (χ3v) is 5.21. The van der Waals surface area contributed by atoms with Crippen LogP contribution in [0.2, 0.25) is 0 Å². The number of hydrogen-bond acceptors (Lipinski definition) is 3. The van der Waals surface area contributed by atoms with Crippen LogP contribution in [0.15, 0.2) is 54.6 Å². The molecule has 0 radical (unpaired) electrons. The first-order valence-electron chi connectivity index (χ1n) is 9.43. The molecule has 0 bridgehead atoms. The molecular weight excluding hydrogens is 355 g/mol. The van der Waals surface area contributed by atoms with Crippen LogP contribution in [0.1, 0.15) is 16.1 Å². The minimum Gasteiger partial charge on any atom is -0.366 e. The van der Waals surface area contributed by atoms with Gasteiger partial charge in [-0.15, -0.1) is 0 Å². The highest BCUT2D eigenvalue weighted by Gasteiger charge is 2.25. The SMILES string of the molecule is Cc1ccc(-c2cc(C(=O)N3CCN(c4ccccc4F)CC3)nn2C)cc1. The van der Waals surface area contributed by atoms with Gasteiger partial charge in [-0.3, -0.25) is 9.48 Å². The minimum absolute atomic E-state index is 0.0813. The van der Waals surface area contributed by atoms with Crippen molar-refractivity contribution in [1.82, 2.24) is 14.7 Å². The molecule has 2 aromatic carbocycles. The Labute approximate surface area is 164 Å². The highest BCUT2D eigenvalue weighted by Crippen LogP contribution is 2.23. The summed E-state index contributed by atoms with van der Waals surface area (Å²) in [5, 5.41) is 4.43. The molecule has 0 atom stereocenters. The van der Waals surface area contributed by atoms with Gasteiger partial charge in [-0.05, 0) is 30.7 Å². The Kier molecular flexibility index (Phi) is 4.86. The topological polar surface area (TPSA) is 41.4 Å². The van der Waals surface area contributed by atoms with Crippen molar-refractivity contribution in [3.8, 4) is 11.3 Å². The lowest BCUT2D eigenvalue weighted by atomic mass is 10.1. The molecular formula is C22H23FN4O. The summed E-state index contributed by atoms with van der Waals surface area (Å²) in [4.78, 5) is 16.7. The van der Waals surface area contributed by atoms with E-state index in [1.54, 1.807) is 21.7 Å². The summed E-state index contributed by atoms with van der Waals surface area (Å²) >= 11 is 0. The van der Waals surface area contributed by atoms with Crippen molar-refractivity contribution >= 4 is 11.6 Å². The molecule has 144 valence electrons. The molecule has 0 unspecified atom stereocenters. The third-order valence-electron chi connectivity index (χ3n) is 5.21. The van der Waals surface area contributed by atoms with Gasteiger partial charge in [0.2, 0.25) is 0 Å². The number of halogens is 1. The van der Waals surface area contributed by atoms with E-state index in [-0.39, 0.29) is 11.7 Å². The van der Waals surface area contributed by atoms with Crippen molar-refractivity contribution in [1.29, 1.82) is 0 Å². The van der Waals surface area contributed by atoms with E-state index < -0.39 is 0 Å². The number of carbonyl (C=O) groups excluding carboxylic acids is 1. The van der Waals surface area contributed by atoms with Crippen molar-refractivity contribution in [3.05, 3.63) is 71.7 Å². The van der Waals surface area contributed by atoms with Crippen LogP contribution in [-0.4, -0.2) is 46.8 Å². The fourth-order valence-electron chi connectivity index (χ4n) is 3.59. The first-order valence-corrected chi connectivity index (χ1v) is 9.43. The molecule has 1 aromatic heterocycles. The minimum atomic E-state index is -0.227. The van der Waals surface area contributed by atoms with Crippen LogP contribution >= 0.6 is 0 Å². The first-order chi connectivity index (χ1) is 13.5. The van der Waals surface area contributed by atoms with E-state index in [0.717, 1.165) is 11.3 Å². The molecule has 2 heterocycles. The number of amides is 1. The molecule has 4 rings (SSSR count). The number of rotatable bonds is 3. The van der Waals surface area contributed by atoms with Gasteiger partial charge in [0.05, 0.1) is 11.4 Å². The molecule has 6 heteroatoms. The number of para-hydroxylation sites is 1. The summed E-state index contributed by atoms with van der Waals surface area (Å²) < 4.78 is 15.7. The van der Waals surface area contributed by atoms with Crippen LogP contribution < -0.4 is 4.90 Å². The lowest BCUT2D eigenvalue weighted by molar-refractivity contribution is 0.0740. The molecule has 1 aliphatic heterocycles. The highest BCUT2D eigenvalue weighted by molar-refractivity contribution is 5.93. The Balaban J connectivity index is 1.47. The Morgan fingerprint density at radius 2 is 1.68 bits per heavy atom. The molecule has 1 fully saturated rings. The summed E-state index contributed by atoms with van der Waals surface area (Å²) in [5.41, 5.74) is 4.17. The maximum absolute atomic E-state index is 14.0. The maximum atomic E-state index is 14.0. The number of piperazine rings is 1. The number of aromatic nitrogens is 2. The standard InChI is InChI=1S/C22H23FN4O/c1-16-7-9-17(10-8-16)21-15-19(24-25(21)2)22(28)27-13-11-26(12-14-27)20-6-4-3-5-18(20)23/h3-10,15H,11-14H2,1-2H3. The molecule has 28 heavy (non-hydrogen) atoms. The molecule has 1 saturated heterocycles. The van der Waals surface area contributed by atoms with Gasteiger partial charge in [0, 0.05) is 33.2 Å². The second kappa shape index (κ2) is 7.46. The molecule has 0 N–H and O–H groups in total. The molecule has 0 aliphatic carbocycles. The van der Waals surface area contributed by atoms with Gasteiger partial charge in [-0.2, -0.15) is 5.10 Å². The molecule has 0 spiro atoms. The molecule has 0 saturated carbocycles. The van der Waals surface area contributed by atoms with Crippen LogP contribution in [-0.2, 0) is 7.05 Å². The fraction of sp³-hybridized carbons (Fsp3) is 0.273. The van der Waals surface area contributed by atoms with E-state index in [2.05, 4.69) is 5.10 Å². The van der Waals surface area contributed by atoms with E-state index in [1.165, 1.54) is 11.6 Å². The van der Waals surface area contributed by atoms with Gasteiger partial charge < -0.3 is 9.80 Å². The molecule has 1 aliphatic rings. The van der Waals surface area contributed by atoms with Crippen LogP contribution in [0.25, 0.3) is 11.3 Å². The van der Waals surface area contributed by atoms with Gasteiger partial charge in [-0.25, -0.2) is 4.39 Å². The van der Waals surface area contributed by atoms with Crippen LogP contribution in [0.3, 0.4) is 0 Å². The van der Waals surface area contributed by atoms with Gasteiger partial charge in [0.25, 0.3) is 5.91 Å². The van der Waals surface area contributed by atoms with E-state index in [9.17, 15) is 9.18 Å². The van der Waals surface area contributed by atoms with E-state index in [1.807, 2.05) is 55.3 Å². The van der Waals surface area contributed by atoms with E-state index >= 15 is 0 Å². The number of nitrogens with zero attached hydrogens (tertiary/aromatic N) is 4. The second-order valence-electron chi connectivity index (χ2n) is 7.14. The zero-order valence-electron chi connectivity index (χ0n) is 16.1. The summed E-state index contributed by atoms with van der Waals surface area (Å²) in [6.45, 7) is 4.34. The Morgan fingerprint density at radius 3 is 2.36 bits per heavy atom. The summed E-state index contributed by atoms with van der Waals surface area (Å²) in [7, 11) is 1.85. The van der Waals surface area contributed by atoms with Crippen molar-refractivity contribution in [3.63, 3.8) is 0 Å². The maximum Gasteiger partial charge on any atom is 0.274 e. The van der Waals surface area contributed by atoms with Crippen LogP contribution in [0, 0.1) is 12.7 Å². The fourth-order valence-corrected chi connectivity index (χ4v) is 3.59. The average Bonchev–Trinajstić information content (AvgIpc) is 3.10. The number of benzene rings is 2. The molecule has 3 aromatic rings. The van der Waals surface area contributed by atoms with Gasteiger partial charge in [-0.1, -0.05) is 42.0 Å². The Morgan fingerprint density at radius 1 is 1.00 bits per heavy atom. The normalized spacial score (nSPS) is 14.4. The van der Waals surface area contributed by atoms with Crippen LogP contribution in [0.5, 0.6) is 0 Å². The molecule has 5 nitrogen and oxygen atoms in total. The van der Waals surface area contributed by atoms with Crippen molar-refractivity contribution in [2.24, 2.45) is 7.05 Å². The Hall–Kier alpha value is -3.15. The first kappa shape index (κ1) is 18.2. The lowest BCUT2D eigenvalue weighted by Gasteiger charge is -2.35.